The van der Waals surface area contributed by atoms with E-state index in [4.69, 9.17) is 14.5 Å². The van der Waals surface area contributed by atoms with Gasteiger partial charge in [0.05, 0.1) is 24.1 Å². The lowest BCUT2D eigenvalue weighted by atomic mass is 9.90. The molecule has 1 N–H and O–H groups in total. The van der Waals surface area contributed by atoms with Crippen LogP contribution < -0.4 is 10.1 Å². The number of carbonyl (C=O) groups excluding carboxylic acids is 2. The first kappa shape index (κ1) is 23.2. The molecule has 1 atom stereocenters. The van der Waals surface area contributed by atoms with Crippen LogP contribution in [0.4, 0.5) is 11.4 Å². The highest BCUT2D eigenvalue weighted by Crippen LogP contribution is 2.37. The van der Waals surface area contributed by atoms with E-state index in [-0.39, 0.29) is 5.91 Å². The predicted molar refractivity (Wildman–Crippen MR) is 132 cm³/mol. The quantitative estimate of drug-likeness (QED) is 0.404. The highest BCUT2D eigenvalue weighted by molar-refractivity contribution is 6.24. The topological polar surface area (TPSA) is 80.2 Å². The summed E-state index contributed by atoms with van der Waals surface area (Å²) in [6, 6.07) is 22.2. The molecule has 0 fully saturated rings. The normalized spacial score (nSPS) is 15.1. The van der Waals surface area contributed by atoms with Gasteiger partial charge in [-0.25, -0.2) is 4.79 Å². The van der Waals surface area contributed by atoms with E-state index in [0.717, 1.165) is 23.4 Å². The molecular weight excluding hydrogens is 430 g/mol. The number of anilines is 1. The number of nitrogens with one attached hydrogen (secondary N) is 1. The van der Waals surface area contributed by atoms with Crippen LogP contribution in [-0.4, -0.2) is 56.8 Å². The number of esters is 1. The van der Waals surface area contributed by atoms with Gasteiger partial charge in [0.25, 0.3) is 0 Å². The Balaban J connectivity index is 1.68. The Kier molecular flexibility index (Phi) is 7.04. The summed E-state index contributed by atoms with van der Waals surface area (Å²) in [5, 5.41) is 2.89. The number of fused-ring (bicyclic) bond motifs is 1. The molecule has 1 aliphatic heterocycles. The summed E-state index contributed by atoms with van der Waals surface area (Å²) in [6.45, 7) is 1.42. The Morgan fingerprint density at radius 3 is 2.41 bits per heavy atom. The van der Waals surface area contributed by atoms with E-state index in [0.29, 0.717) is 29.3 Å². The first-order valence-electron chi connectivity index (χ1n) is 11.0. The molecular formula is C27H27N3O4. The molecule has 0 saturated heterocycles. The van der Waals surface area contributed by atoms with Crippen molar-refractivity contribution >= 4 is 29.0 Å². The van der Waals surface area contributed by atoms with Crippen LogP contribution in [0.2, 0.25) is 0 Å². The van der Waals surface area contributed by atoms with Crippen LogP contribution >= 0.6 is 0 Å². The summed E-state index contributed by atoms with van der Waals surface area (Å²) in [7, 11) is 5.33. The molecule has 1 heterocycles. The molecule has 1 unspecified atom stereocenters. The maximum atomic E-state index is 13.1. The molecule has 3 aromatic carbocycles. The van der Waals surface area contributed by atoms with Crippen molar-refractivity contribution in [2.45, 2.75) is 5.92 Å². The molecule has 1 amide bonds. The molecule has 34 heavy (non-hydrogen) atoms. The SMILES string of the molecule is COC(=O)c1ccc2c(c1)NC(=O)C2C(=Nc1ccc(OCCN(C)C)cc1)c1ccccc1. The van der Waals surface area contributed by atoms with Crippen LogP contribution in [0.3, 0.4) is 0 Å². The fraction of sp³-hybridized carbons (Fsp3) is 0.222. The molecule has 4 rings (SSSR count). The van der Waals surface area contributed by atoms with Crippen molar-refractivity contribution in [3.05, 3.63) is 89.5 Å². The van der Waals surface area contributed by atoms with Crippen molar-refractivity contribution < 1.29 is 19.1 Å². The van der Waals surface area contributed by atoms with E-state index in [1.165, 1.54) is 7.11 Å². The molecule has 0 saturated carbocycles. The Labute approximate surface area is 199 Å². The monoisotopic (exact) mass is 457 g/mol. The Hall–Kier alpha value is -3.97. The van der Waals surface area contributed by atoms with Gasteiger partial charge in [0.15, 0.2) is 0 Å². The number of methoxy groups -OCH3 is 1. The fourth-order valence-electron chi connectivity index (χ4n) is 3.79. The summed E-state index contributed by atoms with van der Waals surface area (Å²) in [4.78, 5) is 32.0. The second kappa shape index (κ2) is 10.3. The maximum Gasteiger partial charge on any atom is 0.337 e. The van der Waals surface area contributed by atoms with Crippen molar-refractivity contribution in [2.24, 2.45) is 4.99 Å². The van der Waals surface area contributed by atoms with E-state index in [1.807, 2.05) is 68.7 Å². The van der Waals surface area contributed by atoms with Crippen LogP contribution in [0.5, 0.6) is 5.75 Å². The molecule has 0 bridgehead atoms. The zero-order chi connectivity index (χ0) is 24.1. The highest BCUT2D eigenvalue weighted by atomic mass is 16.5. The zero-order valence-electron chi connectivity index (χ0n) is 19.4. The van der Waals surface area contributed by atoms with E-state index in [2.05, 4.69) is 10.2 Å². The van der Waals surface area contributed by atoms with E-state index >= 15 is 0 Å². The van der Waals surface area contributed by atoms with Gasteiger partial charge in [-0.2, -0.15) is 0 Å². The molecule has 0 spiro atoms. The van der Waals surface area contributed by atoms with E-state index in [9.17, 15) is 9.59 Å². The fourth-order valence-corrected chi connectivity index (χ4v) is 3.79. The number of hydrogen-bond acceptors (Lipinski definition) is 6. The lowest BCUT2D eigenvalue weighted by molar-refractivity contribution is -0.115. The molecule has 0 aliphatic carbocycles. The minimum Gasteiger partial charge on any atom is -0.492 e. The molecule has 7 heteroatoms. The molecule has 7 nitrogen and oxygen atoms in total. The van der Waals surface area contributed by atoms with Crippen molar-refractivity contribution in [3.63, 3.8) is 0 Å². The van der Waals surface area contributed by atoms with Gasteiger partial charge in [0, 0.05) is 12.2 Å². The van der Waals surface area contributed by atoms with Gasteiger partial charge < -0.3 is 19.7 Å². The lowest BCUT2D eigenvalue weighted by Gasteiger charge is -2.14. The number of nitrogens with zero attached hydrogens (tertiary/aromatic N) is 2. The third kappa shape index (κ3) is 5.15. The zero-order valence-corrected chi connectivity index (χ0v) is 19.4. The molecule has 0 radical (unpaired) electrons. The van der Waals surface area contributed by atoms with Gasteiger partial charge >= 0.3 is 5.97 Å². The summed E-state index contributed by atoms with van der Waals surface area (Å²) in [5.74, 6) is -0.491. The number of aliphatic imine (C=N–C) groups is 1. The summed E-state index contributed by atoms with van der Waals surface area (Å²) >= 11 is 0. The average molecular weight is 458 g/mol. The van der Waals surface area contributed by atoms with Crippen LogP contribution in [0.15, 0.2) is 77.8 Å². The second-order valence-electron chi connectivity index (χ2n) is 8.22. The van der Waals surface area contributed by atoms with Crippen molar-refractivity contribution in [3.8, 4) is 5.75 Å². The Morgan fingerprint density at radius 1 is 1.00 bits per heavy atom. The summed E-state index contributed by atoms with van der Waals surface area (Å²) < 4.78 is 10.6. The second-order valence-corrected chi connectivity index (χ2v) is 8.22. The van der Waals surface area contributed by atoms with Gasteiger partial charge in [-0.05, 0) is 61.6 Å². The van der Waals surface area contributed by atoms with Crippen molar-refractivity contribution in [2.75, 3.05) is 39.7 Å². The summed E-state index contributed by atoms with van der Waals surface area (Å²) in [5.41, 5.74) is 3.93. The average Bonchev–Trinajstić information content (AvgIpc) is 3.18. The molecule has 1 aliphatic rings. The minimum atomic E-state index is -0.611. The van der Waals surface area contributed by atoms with Gasteiger partial charge in [-0.1, -0.05) is 36.4 Å². The standard InChI is InChI=1S/C27H27N3O4/c1-30(2)15-16-34-21-12-10-20(11-13-21)28-25(18-7-5-4-6-8-18)24-22-14-9-19(27(32)33-3)17-23(22)29-26(24)31/h4-14,17,24H,15-16H2,1-3H3,(H,29,31). The van der Waals surface area contributed by atoms with Gasteiger partial charge in [0.2, 0.25) is 5.91 Å². The predicted octanol–water partition coefficient (Wildman–Crippen LogP) is 4.27. The maximum absolute atomic E-state index is 13.1. The minimum absolute atomic E-state index is 0.191. The largest absolute Gasteiger partial charge is 0.492 e. The van der Waals surface area contributed by atoms with Gasteiger partial charge in [0.1, 0.15) is 18.3 Å². The van der Waals surface area contributed by atoms with Gasteiger partial charge in [-0.3, -0.25) is 9.79 Å². The van der Waals surface area contributed by atoms with Gasteiger partial charge in [-0.15, -0.1) is 0 Å². The van der Waals surface area contributed by atoms with E-state index < -0.39 is 11.9 Å². The van der Waals surface area contributed by atoms with Crippen molar-refractivity contribution in [1.82, 2.24) is 4.90 Å². The number of ether oxygens (including phenoxy) is 2. The van der Waals surface area contributed by atoms with Crippen LogP contribution in [0.25, 0.3) is 0 Å². The number of carbonyl (C=O) groups is 2. The highest BCUT2D eigenvalue weighted by Gasteiger charge is 2.35. The van der Waals surface area contributed by atoms with Crippen LogP contribution in [-0.2, 0) is 9.53 Å². The Bertz CT molecular complexity index is 1200. The van der Waals surface area contributed by atoms with Crippen LogP contribution in [0, 0.1) is 0 Å². The first-order valence-corrected chi connectivity index (χ1v) is 11.0. The molecule has 0 aromatic heterocycles. The van der Waals surface area contributed by atoms with Crippen LogP contribution in [0.1, 0.15) is 27.4 Å². The number of amides is 1. The Morgan fingerprint density at radius 2 is 1.74 bits per heavy atom. The number of benzene rings is 3. The number of likely N-dealkylation sites (N-methyl/N-ethyl adjacent to an activating group) is 1. The van der Waals surface area contributed by atoms with E-state index in [1.54, 1.807) is 18.2 Å². The summed E-state index contributed by atoms with van der Waals surface area (Å²) in [6.07, 6.45) is 0. The molecule has 174 valence electrons. The lowest BCUT2D eigenvalue weighted by Crippen LogP contribution is -2.21. The first-order chi connectivity index (χ1) is 16.5. The third-order valence-corrected chi connectivity index (χ3v) is 5.54. The number of rotatable bonds is 8. The van der Waals surface area contributed by atoms with Crippen molar-refractivity contribution in [1.29, 1.82) is 0 Å². The third-order valence-electron chi connectivity index (χ3n) is 5.54. The number of hydrogen-bond donors (Lipinski definition) is 1. The molecule has 3 aromatic rings. The smallest absolute Gasteiger partial charge is 0.337 e.